The van der Waals surface area contributed by atoms with Crippen LogP contribution < -0.4 is 15.4 Å². The van der Waals surface area contributed by atoms with Crippen molar-refractivity contribution in [3.05, 3.63) is 82.9 Å². The number of aromatic nitrogens is 3. The lowest BCUT2D eigenvalue weighted by Gasteiger charge is -2.49. The number of halogens is 2. The molecular formula is C33H32F2N6O4. The van der Waals surface area contributed by atoms with Crippen molar-refractivity contribution < 1.29 is 23.5 Å². The van der Waals surface area contributed by atoms with Crippen LogP contribution in [-0.2, 0) is 15.0 Å². The van der Waals surface area contributed by atoms with Gasteiger partial charge in [-0.1, -0.05) is 33.4 Å². The average molecular weight is 615 g/mol. The maximum absolute atomic E-state index is 16.1. The number of phenols is 1. The Kier molecular flexibility index (Phi) is 6.98. The van der Waals surface area contributed by atoms with Crippen molar-refractivity contribution in [1.29, 1.82) is 0 Å². The monoisotopic (exact) mass is 614 g/mol. The SMILES string of the molecule is C=CC(=O)N1C[C@@H]2C(=O)N(C)c3c(c4cc(F)c(-c5c(O)cccc5F)nc4n(-c4cccnc4C(C)(C)C)c3=O)N2C[C@H]1C. The highest BCUT2D eigenvalue weighted by atomic mass is 19.1. The molecule has 10 nitrogen and oxygen atoms in total. The Hall–Kier alpha value is -5.13. The van der Waals surface area contributed by atoms with Crippen LogP contribution in [0.4, 0.5) is 20.2 Å². The number of phenolic OH excluding ortho intramolecular Hbond substituents is 1. The van der Waals surface area contributed by atoms with Crippen molar-refractivity contribution in [1.82, 2.24) is 19.4 Å². The summed E-state index contributed by atoms with van der Waals surface area (Å²) in [6.07, 6.45) is 2.78. The van der Waals surface area contributed by atoms with Crippen LogP contribution in [0.3, 0.4) is 0 Å². The van der Waals surface area contributed by atoms with Gasteiger partial charge in [-0.3, -0.25) is 23.9 Å². The topological polar surface area (TPSA) is 112 Å². The van der Waals surface area contributed by atoms with Crippen molar-refractivity contribution in [2.24, 2.45) is 0 Å². The Morgan fingerprint density at radius 2 is 1.82 bits per heavy atom. The minimum absolute atomic E-state index is 0.00542. The molecule has 1 fully saturated rings. The summed E-state index contributed by atoms with van der Waals surface area (Å²) in [6, 6.07) is 6.82. The molecule has 0 spiro atoms. The summed E-state index contributed by atoms with van der Waals surface area (Å²) in [5.74, 6) is -3.11. The fourth-order valence-electron chi connectivity index (χ4n) is 6.34. The minimum Gasteiger partial charge on any atom is -0.507 e. The number of likely N-dealkylation sites (N-methyl/N-ethyl adjacent to an activating group) is 1. The zero-order chi connectivity index (χ0) is 32.5. The molecule has 0 unspecified atom stereocenters. The van der Waals surface area contributed by atoms with Crippen molar-refractivity contribution in [2.75, 3.05) is 29.9 Å². The molecule has 0 aliphatic carbocycles. The van der Waals surface area contributed by atoms with E-state index in [0.29, 0.717) is 11.4 Å². The smallest absolute Gasteiger partial charge is 0.283 e. The van der Waals surface area contributed by atoms with Gasteiger partial charge in [-0.05, 0) is 43.3 Å². The molecule has 0 radical (unpaired) electrons. The van der Waals surface area contributed by atoms with Crippen LogP contribution >= 0.6 is 0 Å². The molecule has 1 N–H and O–H groups in total. The van der Waals surface area contributed by atoms with Gasteiger partial charge in [0.2, 0.25) is 5.91 Å². The lowest BCUT2D eigenvalue weighted by Crippen LogP contribution is -2.66. The van der Waals surface area contributed by atoms with Gasteiger partial charge in [0, 0.05) is 36.6 Å². The average Bonchev–Trinajstić information content (AvgIpc) is 2.99. The summed E-state index contributed by atoms with van der Waals surface area (Å²) in [5.41, 5.74) is -0.975. The fourth-order valence-corrected chi connectivity index (χ4v) is 6.34. The number of benzene rings is 1. The van der Waals surface area contributed by atoms with Crippen LogP contribution in [0.5, 0.6) is 5.75 Å². The van der Waals surface area contributed by atoms with Crippen LogP contribution in [-0.4, -0.2) is 68.6 Å². The Bertz CT molecular complexity index is 1960. The van der Waals surface area contributed by atoms with Gasteiger partial charge in [0.05, 0.1) is 29.2 Å². The Labute approximate surface area is 257 Å². The third-order valence-corrected chi connectivity index (χ3v) is 8.45. The number of fused-ring (bicyclic) bond motifs is 5. The molecule has 45 heavy (non-hydrogen) atoms. The molecule has 0 bridgehead atoms. The van der Waals surface area contributed by atoms with E-state index in [1.54, 1.807) is 23.2 Å². The second kappa shape index (κ2) is 10.5. The molecule has 0 saturated carbocycles. The van der Waals surface area contributed by atoms with E-state index in [0.717, 1.165) is 12.1 Å². The Morgan fingerprint density at radius 1 is 1.09 bits per heavy atom. The van der Waals surface area contributed by atoms with Crippen molar-refractivity contribution >= 4 is 34.2 Å². The molecule has 12 heteroatoms. The largest absolute Gasteiger partial charge is 0.507 e. The number of hydrogen-bond donors (Lipinski definition) is 1. The van der Waals surface area contributed by atoms with Gasteiger partial charge >= 0.3 is 0 Å². The van der Waals surface area contributed by atoms with E-state index in [1.807, 2.05) is 27.7 Å². The first-order valence-electron chi connectivity index (χ1n) is 14.5. The predicted molar refractivity (Wildman–Crippen MR) is 167 cm³/mol. The van der Waals surface area contributed by atoms with Crippen molar-refractivity contribution in [3.8, 4) is 22.7 Å². The molecule has 3 aromatic heterocycles. The van der Waals surface area contributed by atoms with Crippen molar-refractivity contribution in [2.45, 2.75) is 45.2 Å². The predicted octanol–water partition coefficient (Wildman–Crippen LogP) is 4.30. The number of aromatic hydroxyl groups is 1. The molecule has 6 rings (SSSR count). The Morgan fingerprint density at radius 3 is 2.49 bits per heavy atom. The standard InChI is InChI=1S/C33H32F2N6O4/c1-7-24(43)39-16-22-31(44)38(6)28-27(40(22)15-17(39)2)18-14-20(35)26(25-19(34)10-8-12-23(25)42)37-30(18)41(32(28)45)21-11-9-13-36-29(21)33(3,4)5/h7-14,17,22,42H,1,15-16H2,2-6H3/t17-,22-/m1/s1. The lowest BCUT2D eigenvalue weighted by atomic mass is 9.90. The molecule has 2 amide bonds. The number of carbonyl (C=O) groups excluding carboxylic acids is 2. The van der Waals surface area contributed by atoms with E-state index in [9.17, 15) is 19.5 Å². The maximum atomic E-state index is 16.1. The number of anilines is 2. The summed E-state index contributed by atoms with van der Waals surface area (Å²) in [4.78, 5) is 54.7. The molecular weight excluding hydrogens is 582 g/mol. The number of piperazine rings is 1. The molecule has 2 aliphatic rings. The van der Waals surface area contributed by atoms with Gasteiger partial charge in [-0.25, -0.2) is 13.8 Å². The summed E-state index contributed by atoms with van der Waals surface area (Å²) >= 11 is 0. The van der Waals surface area contributed by atoms with Gasteiger partial charge in [0.25, 0.3) is 11.5 Å². The second-order valence-corrected chi connectivity index (χ2v) is 12.4. The number of pyridine rings is 3. The Balaban J connectivity index is 1.75. The third kappa shape index (κ3) is 4.54. The minimum atomic E-state index is -0.942. The van der Waals surface area contributed by atoms with E-state index in [4.69, 9.17) is 0 Å². The molecule has 1 saturated heterocycles. The number of nitrogens with zero attached hydrogens (tertiary/aromatic N) is 6. The number of hydrogen-bond acceptors (Lipinski definition) is 7. The first-order chi connectivity index (χ1) is 21.3. The van der Waals surface area contributed by atoms with Crippen LogP contribution in [0.1, 0.15) is 33.4 Å². The quantitative estimate of drug-likeness (QED) is 0.343. The zero-order valence-corrected chi connectivity index (χ0v) is 25.5. The first kappa shape index (κ1) is 29.9. The van der Waals surface area contributed by atoms with Gasteiger partial charge in [-0.2, -0.15) is 0 Å². The maximum Gasteiger partial charge on any atom is 0.283 e. The second-order valence-electron chi connectivity index (χ2n) is 12.4. The van der Waals surface area contributed by atoms with Crippen LogP contribution in [0.15, 0.2) is 60.0 Å². The number of carbonyl (C=O) groups is 2. The third-order valence-electron chi connectivity index (χ3n) is 8.45. The number of amides is 2. The fraction of sp³-hybridized carbons (Fsp3) is 0.303. The van der Waals surface area contributed by atoms with E-state index < -0.39 is 51.6 Å². The van der Waals surface area contributed by atoms with E-state index in [-0.39, 0.29) is 47.4 Å². The van der Waals surface area contributed by atoms with E-state index in [1.165, 1.54) is 39.6 Å². The van der Waals surface area contributed by atoms with Crippen LogP contribution in [0, 0.1) is 11.6 Å². The lowest BCUT2D eigenvalue weighted by molar-refractivity contribution is -0.130. The van der Waals surface area contributed by atoms with Gasteiger partial charge < -0.3 is 19.8 Å². The molecule has 2 aliphatic heterocycles. The van der Waals surface area contributed by atoms with Crippen molar-refractivity contribution in [3.63, 3.8) is 0 Å². The molecule has 2 atom stereocenters. The number of rotatable bonds is 3. The molecule has 232 valence electrons. The highest BCUT2D eigenvalue weighted by molar-refractivity contribution is 6.12. The zero-order valence-electron chi connectivity index (χ0n) is 25.5. The normalized spacial score (nSPS) is 18.2. The molecule has 1 aromatic carbocycles. The summed E-state index contributed by atoms with van der Waals surface area (Å²) in [7, 11) is 1.47. The highest BCUT2D eigenvalue weighted by Crippen LogP contribution is 2.43. The summed E-state index contributed by atoms with van der Waals surface area (Å²) in [6.45, 7) is 11.3. The van der Waals surface area contributed by atoms with E-state index in [2.05, 4.69) is 16.5 Å². The molecule has 4 aromatic rings. The van der Waals surface area contributed by atoms with Crippen LogP contribution in [0.25, 0.3) is 28.0 Å². The van der Waals surface area contributed by atoms with Gasteiger partial charge in [0.15, 0.2) is 11.5 Å². The first-order valence-corrected chi connectivity index (χ1v) is 14.5. The highest BCUT2D eigenvalue weighted by Gasteiger charge is 2.46. The summed E-state index contributed by atoms with van der Waals surface area (Å²) < 4.78 is 32.5. The molecule has 5 heterocycles. The van der Waals surface area contributed by atoms with E-state index >= 15 is 8.78 Å². The van der Waals surface area contributed by atoms with Crippen LogP contribution in [0.2, 0.25) is 0 Å². The van der Waals surface area contributed by atoms with Gasteiger partial charge in [0.1, 0.15) is 29.0 Å². The van der Waals surface area contributed by atoms with Gasteiger partial charge in [-0.15, -0.1) is 0 Å². The summed E-state index contributed by atoms with van der Waals surface area (Å²) in [5, 5.41) is 10.7.